The van der Waals surface area contributed by atoms with E-state index in [-0.39, 0.29) is 16.8 Å². The maximum atomic E-state index is 13.2. The Labute approximate surface area is 122 Å². The molecule has 1 atom stereocenters. The van der Waals surface area contributed by atoms with Crippen molar-refractivity contribution in [2.24, 2.45) is 5.14 Å². The Balaban J connectivity index is 1.80. The molecule has 0 aliphatic heterocycles. The molecule has 3 N–H and O–H groups in total. The summed E-state index contributed by atoms with van der Waals surface area (Å²) >= 11 is 0. The van der Waals surface area contributed by atoms with Gasteiger partial charge in [0.2, 0.25) is 10.0 Å². The molecule has 2 aromatic carbocycles. The van der Waals surface area contributed by atoms with Crippen LogP contribution in [0.15, 0.2) is 47.4 Å². The molecule has 21 heavy (non-hydrogen) atoms. The second-order valence-corrected chi connectivity index (χ2v) is 6.71. The van der Waals surface area contributed by atoms with Crippen LogP contribution in [-0.2, 0) is 16.4 Å². The van der Waals surface area contributed by atoms with Crippen molar-refractivity contribution in [2.75, 3.05) is 5.32 Å². The lowest BCUT2D eigenvalue weighted by molar-refractivity contribution is 0.598. The van der Waals surface area contributed by atoms with Crippen LogP contribution in [0, 0.1) is 5.82 Å². The molecule has 0 fully saturated rings. The number of sulfonamides is 1. The molecule has 0 amide bonds. The first kappa shape index (κ1) is 14.0. The Hall–Kier alpha value is -1.92. The zero-order chi connectivity index (χ0) is 15.0. The van der Waals surface area contributed by atoms with Crippen LogP contribution < -0.4 is 10.5 Å². The van der Waals surface area contributed by atoms with Crippen LogP contribution in [0.4, 0.5) is 10.1 Å². The standard InChI is InChI=1S/C15H15FN2O2S/c16-11-2-7-14-10(9-11)1-8-15(14)18-12-3-5-13(6-4-12)21(17,19)20/h2-7,9,15,18H,1,8H2,(H2,17,19,20). The molecule has 0 radical (unpaired) electrons. The van der Waals surface area contributed by atoms with E-state index < -0.39 is 10.0 Å². The van der Waals surface area contributed by atoms with Crippen molar-refractivity contribution in [3.05, 3.63) is 59.4 Å². The van der Waals surface area contributed by atoms with Gasteiger partial charge in [0.1, 0.15) is 5.82 Å². The first-order valence-corrected chi connectivity index (χ1v) is 8.16. The molecule has 1 unspecified atom stereocenters. The summed E-state index contributed by atoms with van der Waals surface area (Å²) in [6, 6.07) is 11.2. The number of hydrogen-bond acceptors (Lipinski definition) is 3. The van der Waals surface area contributed by atoms with Crippen LogP contribution in [-0.4, -0.2) is 8.42 Å². The first-order chi connectivity index (χ1) is 9.93. The fraction of sp³-hybridized carbons (Fsp3) is 0.200. The number of nitrogens with one attached hydrogen (secondary N) is 1. The van der Waals surface area contributed by atoms with Gasteiger partial charge in [0, 0.05) is 5.69 Å². The monoisotopic (exact) mass is 306 g/mol. The number of nitrogens with two attached hydrogens (primary N) is 1. The smallest absolute Gasteiger partial charge is 0.238 e. The Morgan fingerprint density at radius 3 is 2.52 bits per heavy atom. The van der Waals surface area contributed by atoms with Crippen LogP contribution in [0.1, 0.15) is 23.6 Å². The highest BCUT2D eigenvalue weighted by Crippen LogP contribution is 2.34. The lowest BCUT2D eigenvalue weighted by Gasteiger charge is -2.15. The highest BCUT2D eigenvalue weighted by Gasteiger charge is 2.22. The molecule has 0 spiro atoms. The van der Waals surface area contributed by atoms with E-state index in [9.17, 15) is 12.8 Å². The van der Waals surface area contributed by atoms with Crippen molar-refractivity contribution < 1.29 is 12.8 Å². The van der Waals surface area contributed by atoms with Crippen LogP contribution >= 0.6 is 0 Å². The third-order valence-electron chi connectivity index (χ3n) is 3.71. The topological polar surface area (TPSA) is 72.2 Å². The zero-order valence-electron chi connectivity index (χ0n) is 11.2. The van der Waals surface area contributed by atoms with Gasteiger partial charge in [0.05, 0.1) is 10.9 Å². The van der Waals surface area contributed by atoms with E-state index in [4.69, 9.17) is 5.14 Å². The van der Waals surface area contributed by atoms with Gasteiger partial charge in [0.25, 0.3) is 0 Å². The quantitative estimate of drug-likeness (QED) is 0.915. The van der Waals surface area contributed by atoms with Gasteiger partial charge in [-0.2, -0.15) is 0 Å². The number of benzene rings is 2. The van der Waals surface area contributed by atoms with Gasteiger partial charge in [-0.05, 0) is 60.4 Å². The van der Waals surface area contributed by atoms with Crippen molar-refractivity contribution in [3.8, 4) is 0 Å². The summed E-state index contributed by atoms with van der Waals surface area (Å²) in [6.45, 7) is 0. The summed E-state index contributed by atoms with van der Waals surface area (Å²) in [4.78, 5) is 0.0851. The second kappa shape index (κ2) is 5.13. The third-order valence-corrected chi connectivity index (χ3v) is 4.64. The number of halogens is 1. The van der Waals surface area contributed by atoms with Gasteiger partial charge in [0.15, 0.2) is 0 Å². The van der Waals surface area contributed by atoms with Crippen LogP contribution in [0.25, 0.3) is 0 Å². The van der Waals surface area contributed by atoms with Gasteiger partial charge < -0.3 is 5.32 Å². The Kier molecular flexibility index (Phi) is 3.43. The average Bonchev–Trinajstić information content (AvgIpc) is 2.80. The van der Waals surface area contributed by atoms with Gasteiger partial charge >= 0.3 is 0 Å². The summed E-state index contributed by atoms with van der Waals surface area (Å²) in [6.07, 6.45) is 1.72. The van der Waals surface area contributed by atoms with E-state index in [1.807, 2.05) is 0 Å². The summed E-state index contributed by atoms with van der Waals surface area (Å²) in [7, 11) is -3.67. The maximum absolute atomic E-state index is 13.2. The lowest BCUT2D eigenvalue weighted by Crippen LogP contribution is -2.12. The maximum Gasteiger partial charge on any atom is 0.238 e. The van der Waals surface area contributed by atoms with Gasteiger partial charge in [-0.1, -0.05) is 6.07 Å². The normalized spacial score (nSPS) is 17.5. The fourth-order valence-corrected chi connectivity index (χ4v) is 3.19. The predicted octanol–water partition coefficient (Wildman–Crippen LogP) is 2.57. The molecular formula is C15H15FN2O2S. The highest BCUT2D eigenvalue weighted by molar-refractivity contribution is 7.89. The number of hydrogen-bond donors (Lipinski definition) is 2. The van der Waals surface area contributed by atoms with E-state index in [1.165, 1.54) is 18.2 Å². The molecule has 2 aromatic rings. The second-order valence-electron chi connectivity index (χ2n) is 5.15. The third kappa shape index (κ3) is 2.91. The molecular weight excluding hydrogens is 291 g/mol. The fourth-order valence-electron chi connectivity index (χ4n) is 2.68. The molecule has 0 heterocycles. The van der Waals surface area contributed by atoms with Crippen LogP contribution in [0.5, 0.6) is 0 Å². The SMILES string of the molecule is NS(=O)(=O)c1ccc(NC2CCc3cc(F)ccc32)cc1. The van der Waals surface area contributed by atoms with Gasteiger partial charge in [-0.3, -0.25) is 0 Å². The molecule has 6 heteroatoms. The van der Waals surface area contributed by atoms with E-state index in [0.717, 1.165) is 29.7 Å². The van der Waals surface area contributed by atoms with Gasteiger partial charge in [-0.25, -0.2) is 17.9 Å². The Morgan fingerprint density at radius 1 is 1.14 bits per heavy atom. The zero-order valence-corrected chi connectivity index (χ0v) is 12.0. The predicted molar refractivity (Wildman–Crippen MR) is 78.9 cm³/mol. The summed E-state index contributed by atoms with van der Waals surface area (Å²) in [5.74, 6) is -0.216. The van der Waals surface area contributed by atoms with Crippen molar-refractivity contribution in [1.29, 1.82) is 0 Å². The molecule has 1 aliphatic rings. The largest absolute Gasteiger partial charge is 0.378 e. The molecule has 0 aromatic heterocycles. The van der Waals surface area contributed by atoms with Crippen LogP contribution in [0.3, 0.4) is 0 Å². The number of rotatable bonds is 3. The Morgan fingerprint density at radius 2 is 1.86 bits per heavy atom. The van der Waals surface area contributed by atoms with Crippen molar-refractivity contribution in [2.45, 2.75) is 23.8 Å². The molecule has 0 bridgehead atoms. The summed E-state index contributed by atoms with van der Waals surface area (Å²) in [5.41, 5.74) is 2.92. The number of aryl methyl sites for hydroxylation is 1. The highest BCUT2D eigenvalue weighted by atomic mass is 32.2. The van der Waals surface area contributed by atoms with Crippen molar-refractivity contribution in [3.63, 3.8) is 0 Å². The van der Waals surface area contributed by atoms with Crippen LogP contribution in [0.2, 0.25) is 0 Å². The number of fused-ring (bicyclic) bond motifs is 1. The van der Waals surface area contributed by atoms with E-state index >= 15 is 0 Å². The molecule has 0 saturated carbocycles. The van der Waals surface area contributed by atoms with Crippen molar-refractivity contribution >= 4 is 15.7 Å². The number of primary sulfonamides is 1. The number of anilines is 1. The van der Waals surface area contributed by atoms with E-state index in [2.05, 4.69) is 5.32 Å². The van der Waals surface area contributed by atoms with Gasteiger partial charge in [-0.15, -0.1) is 0 Å². The molecule has 1 aliphatic carbocycles. The minimum atomic E-state index is -3.67. The van der Waals surface area contributed by atoms with Crippen molar-refractivity contribution in [1.82, 2.24) is 0 Å². The Bertz CT molecular complexity index is 773. The first-order valence-electron chi connectivity index (χ1n) is 6.61. The molecule has 110 valence electrons. The molecule has 3 rings (SSSR count). The lowest BCUT2D eigenvalue weighted by atomic mass is 10.1. The minimum Gasteiger partial charge on any atom is -0.378 e. The molecule has 0 saturated heterocycles. The summed E-state index contributed by atoms with van der Waals surface area (Å²) < 4.78 is 35.6. The van der Waals surface area contributed by atoms with E-state index in [0.29, 0.717) is 0 Å². The minimum absolute atomic E-state index is 0.0851. The van der Waals surface area contributed by atoms with E-state index in [1.54, 1.807) is 24.3 Å². The molecule has 4 nitrogen and oxygen atoms in total. The summed E-state index contributed by atoms with van der Waals surface area (Å²) in [5, 5.41) is 8.40. The average molecular weight is 306 g/mol.